The van der Waals surface area contributed by atoms with E-state index in [-0.39, 0.29) is 29.2 Å². The summed E-state index contributed by atoms with van der Waals surface area (Å²) in [6.45, 7) is 4.85. The molecule has 2 aliphatic rings. The van der Waals surface area contributed by atoms with E-state index in [1.807, 2.05) is 24.0 Å². The van der Waals surface area contributed by atoms with Gasteiger partial charge < -0.3 is 10.6 Å². The first kappa shape index (κ1) is 16.4. The van der Waals surface area contributed by atoms with E-state index in [1.54, 1.807) is 0 Å². The van der Waals surface area contributed by atoms with Gasteiger partial charge in [0.15, 0.2) is 0 Å². The molecule has 23 heavy (non-hydrogen) atoms. The molecule has 3 nitrogen and oxygen atoms in total. The molecule has 0 radical (unpaired) electrons. The molecule has 126 valence electrons. The number of likely N-dealkylation sites (tertiary alicyclic amines) is 1. The molecule has 1 amide bonds. The molecule has 2 fully saturated rings. The van der Waals surface area contributed by atoms with Crippen molar-refractivity contribution in [1.29, 1.82) is 0 Å². The summed E-state index contributed by atoms with van der Waals surface area (Å²) in [4.78, 5) is 15.1. The highest BCUT2D eigenvalue weighted by atomic mass is 19.1. The maximum Gasteiger partial charge on any atom is 0.227 e. The first-order valence-electron chi connectivity index (χ1n) is 8.73. The van der Waals surface area contributed by atoms with Crippen LogP contribution in [0.1, 0.15) is 57.4 Å². The number of nitrogens with two attached hydrogens (primary N) is 1. The van der Waals surface area contributed by atoms with Crippen molar-refractivity contribution < 1.29 is 9.18 Å². The quantitative estimate of drug-likeness (QED) is 0.908. The average molecular weight is 318 g/mol. The summed E-state index contributed by atoms with van der Waals surface area (Å²) in [6.07, 6.45) is 4.96. The number of hydrogen-bond acceptors (Lipinski definition) is 2. The van der Waals surface area contributed by atoms with E-state index in [0.29, 0.717) is 5.92 Å². The molecule has 0 aromatic heterocycles. The number of nitrogens with zero attached hydrogens (tertiary/aromatic N) is 1. The van der Waals surface area contributed by atoms with E-state index in [9.17, 15) is 9.18 Å². The Morgan fingerprint density at radius 2 is 2.00 bits per heavy atom. The van der Waals surface area contributed by atoms with Crippen LogP contribution in [0.5, 0.6) is 0 Å². The molecule has 4 atom stereocenters. The third kappa shape index (κ3) is 3.27. The Labute approximate surface area is 138 Å². The maximum absolute atomic E-state index is 13.1. The van der Waals surface area contributed by atoms with Crippen molar-refractivity contribution in [2.24, 2.45) is 11.7 Å². The van der Waals surface area contributed by atoms with E-state index < -0.39 is 0 Å². The normalized spacial score (nSPS) is 34.6. The van der Waals surface area contributed by atoms with Gasteiger partial charge in [0.2, 0.25) is 5.91 Å². The van der Waals surface area contributed by atoms with Gasteiger partial charge in [-0.1, -0.05) is 25.0 Å². The van der Waals surface area contributed by atoms with Crippen molar-refractivity contribution in [1.82, 2.24) is 4.90 Å². The zero-order chi connectivity index (χ0) is 16.6. The van der Waals surface area contributed by atoms with Gasteiger partial charge in [-0.2, -0.15) is 0 Å². The predicted molar refractivity (Wildman–Crippen MR) is 89.5 cm³/mol. The summed E-state index contributed by atoms with van der Waals surface area (Å²) in [5.41, 5.74) is 7.14. The first-order valence-corrected chi connectivity index (χ1v) is 8.73. The van der Waals surface area contributed by atoms with Crippen LogP contribution in [0.25, 0.3) is 0 Å². The van der Waals surface area contributed by atoms with Crippen molar-refractivity contribution in [3.05, 3.63) is 35.6 Å². The van der Waals surface area contributed by atoms with Crippen LogP contribution >= 0.6 is 0 Å². The summed E-state index contributed by atoms with van der Waals surface area (Å²) in [5.74, 6) is 0.230. The topological polar surface area (TPSA) is 46.3 Å². The molecule has 0 bridgehead atoms. The second-order valence-corrected chi connectivity index (χ2v) is 7.63. The van der Waals surface area contributed by atoms with Crippen molar-refractivity contribution in [2.75, 3.05) is 6.54 Å². The van der Waals surface area contributed by atoms with Gasteiger partial charge in [-0.05, 0) is 50.8 Å². The molecule has 3 rings (SSSR count). The van der Waals surface area contributed by atoms with Crippen LogP contribution in [0.15, 0.2) is 24.3 Å². The van der Waals surface area contributed by atoms with Gasteiger partial charge in [-0.15, -0.1) is 0 Å². The van der Waals surface area contributed by atoms with Gasteiger partial charge in [-0.3, -0.25) is 4.79 Å². The maximum atomic E-state index is 13.1. The second kappa shape index (κ2) is 6.23. The molecule has 1 saturated carbocycles. The summed E-state index contributed by atoms with van der Waals surface area (Å²) in [6, 6.07) is 6.91. The fourth-order valence-electron chi connectivity index (χ4n) is 4.28. The Bertz CT molecular complexity index is 569. The first-order chi connectivity index (χ1) is 10.9. The fourth-order valence-corrected chi connectivity index (χ4v) is 4.28. The van der Waals surface area contributed by atoms with E-state index in [2.05, 4.69) is 6.92 Å². The number of rotatable bonds is 2. The van der Waals surface area contributed by atoms with Gasteiger partial charge >= 0.3 is 0 Å². The van der Waals surface area contributed by atoms with E-state index in [0.717, 1.165) is 44.2 Å². The van der Waals surface area contributed by atoms with Crippen molar-refractivity contribution >= 4 is 5.91 Å². The molecule has 1 saturated heterocycles. The molecular formula is C19H27FN2O. The summed E-state index contributed by atoms with van der Waals surface area (Å²) in [7, 11) is 0. The molecule has 0 spiro atoms. The lowest BCUT2D eigenvalue weighted by atomic mass is 9.74. The number of carbonyl (C=O) groups is 1. The Morgan fingerprint density at radius 1 is 1.30 bits per heavy atom. The highest BCUT2D eigenvalue weighted by molar-refractivity contribution is 5.81. The molecule has 2 N–H and O–H groups in total. The van der Waals surface area contributed by atoms with E-state index >= 15 is 0 Å². The Hall–Kier alpha value is -1.42. The minimum absolute atomic E-state index is 0.0642. The van der Waals surface area contributed by atoms with E-state index in [1.165, 1.54) is 12.1 Å². The van der Waals surface area contributed by atoms with Crippen LogP contribution in [0.4, 0.5) is 4.39 Å². The number of halogens is 1. The SMILES string of the molecule is CC1CC(c2ccc(F)cc2)CN1C(=O)C1CCCCC1(C)N. The van der Waals surface area contributed by atoms with Gasteiger partial charge in [0.05, 0.1) is 5.92 Å². The number of carbonyl (C=O) groups excluding carboxylic acids is 1. The molecule has 1 aromatic rings. The highest BCUT2D eigenvalue weighted by Crippen LogP contribution is 2.37. The van der Waals surface area contributed by atoms with Crippen LogP contribution in [0.3, 0.4) is 0 Å². The molecule has 1 aliphatic heterocycles. The fraction of sp³-hybridized carbons (Fsp3) is 0.632. The van der Waals surface area contributed by atoms with Gasteiger partial charge in [-0.25, -0.2) is 4.39 Å². The molecular weight excluding hydrogens is 291 g/mol. The van der Waals surface area contributed by atoms with Crippen LogP contribution in [-0.4, -0.2) is 28.9 Å². The molecule has 1 aliphatic carbocycles. The molecule has 1 aromatic carbocycles. The summed E-state index contributed by atoms with van der Waals surface area (Å²) < 4.78 is 13.1. The van der Waals surface area contributed by atoms with Crippen LogP contribution in [-0.2, 0) is 4.79 Å². The Kier molecular flexibility index (Phi) is 4.45. The number of hydrogen-bond donors (Lipinski definition) is 1. The summed E-state index contributed by atoms with van der Waals surface area (Å²) in [5, 5.41) is 0. The molecule has 1 heterocycles. The standard InChI is InChI=1S/C19H27FN2O/c1-13-11-15(14-6-8-16(20)9-7-14)12-22(13)18(23)17-5-3-4-10-19(17,2)21/h6-9,13,15,17H,3-5,10-12,21H2,1-2H3. The third-order valence-corrected chi connectivity index (χ3v) is 5.75. The van der Waals surface area contributed by atoms with Crippen molar-refractivity contribution in [3.8, 4) is 0 Å². The largest absolute Gasteiger partial charge is 0.339 e. The molecule has 4 heteroatoms. The van der Waals surface area contributed by atoms with Crippen LogP contribution in [0, 0.1) is 11.7 Å². The predicted octanol–water partition coefficient (Wildman–Crippen LogP) is 3.44. The van der Waals surface area contributed by atoms with Gasteiger partial charge in [0, 0.05) is 24.0 Å². The average Bonchev–Trinajstić information content (AvgIpc) is 2.89. The van der Waals surface area contributed by atoms with Crippen molar-refractivity contribution in [2.45, 2.75) is 63.5 Å². The minimum Gasteiger partial charge on any atom is -0.339 e. The monoisotopic (exact) mass is 318 g/mol. The molecule has 4 unspecified atom stereocenters. The number of amides is 1. The zero-order valence-corrected chi connectivity index (χ0v) is 14.1. The third-order valence-electron chi connectivity index (χ3n) is 5.75. The smallest absolute Gasteiger partial charge is 0.227 e. The van der Waals surface area contributed by atoms with Gasteiger partial charge in [0.1, 0.15) is 5.82 Å². The number of benzene rings is 1. The van der Waals surface area contributed by atoms with Crippen molar-refractivity contribution in [3.63, 3.8) is 0 Å². The van der Waals surface area contributed by atoms with Gasteiger partial charge in [0.25, 0.3) is 0 Å². The zero-order valence-electron chi connectivity index (χ0n) is 14.1. The van der Waals surface area contributed by atoms with E-state index in [4.69, 9.17) is 5.73 Å². The lowest BCUT2D eigenvalue weighted by Crippen LogP contribution is -2.54. The van der Waals surface area contributed by atoms with Crippen LogP contribution in [0.2, 0.25) is 0 Å². The Balaban J connectivity index is 1.73. The minimum atomic E-state index is -0.386. The summed E-state index contributed by atoms with van der Waals surface area (Å²) >= 11 is 0. The lowest BCUT2D eigenvalue weighted by Gasteiger charge is -2.40. The highest BCUT2D eigenvalue weighted by Gasteiger charge is 2.43. The lowest BCUT2D eigenvalue weighted by molar-refractivity contribution is -0.139. The Morgan fingerprint density at radius 3 is 2.65 bits per heavy atom. The van der Waals surface area contributed by atoms with Crippen LogP contribution < -0.4 is 5.73 Å². The second-order valence-electron chi connectivity index (χ2n) is 7.63.